The third-order valence-electron chi connectivity index (χ3n) is 6.97. The van der Waals surface area contributed by atoms with E-state index in [1.54, 1.807) is 11.1 Å². The zero-order valence-electron chi connectivity index (χ0n) is 20.3. The van der Waals surface area contributed by atoms with Crippen molar-refractivity contribution in [1.29, 1.82) is 0 Å². The van der Waals surface area contributed by atoms with Gasteiger partial charge in [-0.05, 0) is 0 Å². The Bertz CT molecular complexity index is 523. The van der Waals surface area contributed by atoms with Gasteiger partial charge >= 0.3 is 177 Å². The molecule has 0 aromatic heterocycles. The molecular weight excluding hydrogens is 409 g/mol. The quantitative estimate of drug-likeness (QED) is 0.415. The van der Waals surface area contributed by atoms with Crippen molar-refractivity contribution in [2.24, 2.45) is 17.8 Å². The first kappa shape index (κ1) is 25.3. The predicted molar refractivity (Wildman–Crippen MR) is 118 cm³/mol. The Balaban J connectivity index is 4.03. The molecule has 0 aromatic carbocycles. The van der Waals surface area contributed by atoms with E-state index in [1.165, 1.54) is 0 Å². The van der Waals surface area contributed by atoms with Gasteiger partial charge in [0.15, 0.2) is 0 Å². The molecule has 0 amide bonds. The molecule has 0 radical (unpaired) electrons. The molecule has 3 nitrogen and oxygen atoms in total. The summed E-state index contributed by atoms with van der Waals surface area (Å²) in [5, 5.41) is 0. The Morgan fingerprint density at radius 2 is 1.19 bits per heavy atom. The van der Waals surface area contributed by atoms with Crippen molar-refractivity contribution in [3.63, 3.8) is 0 Å². The van der Waals surface area contributed by atoms with Crippen LogP contribution in [-0.4, -0.2) is 49.3 Å². The van der Waals surface area contributed by atoms with Crippen LogP contribution in [-0.2, 0) is 21.1 Å². The first-order chi connectivity index (χ1) is 12.5. The molecule has 1 aliphatic rings. The number of hydrogen-bond donors (Lipinski definition) is 0. The van der Waals surface area contributed by atoms with E-state index in [2.05, 4.69) is 104 Å². The Kier molecular flexibility index (Phi) is 9.20. The van der Waals surface area contributed by atoms with Crippen LogP contribution in [0.4, 0.5) is 0 Å². The van der Waals surface area contributed by atoms with Crippen molar-refractivity contribution in [1.82, 2.24) is 8.53 Å². The van der Waals surface area contributed by atoms with E-state index >= 15 is 0 Å². The second-order valence-corrected chi connectivity index (χ2v) is 20.0. The minimum atomic E-state index is -3.29. The van der Waals surface area contributed by atoms with E-state index in [4.69, 9.17) is 0 Å². The summed E-state index contributed by atoms with van der Waals surface area (Å²) in [5.74, 6) is 1.72. The molecule has 0 N–H and O–H groups in total. The molecule has 158 valence electrons. The van der Waals surface area contributed by atoms with Gasteiger partial charge in [0.05, 0.1) is 0 Å². The fourth-order valence-electron chi connectivity index (χ4n) is 5.33. The molecular formula is C23H47N3Zr. The maximum absolute atomic E-state index is 3.29. The van der Waals surface area contributed by atoms with Crippen LogP contribution < -0.4 is 0 Å². The van der Waals surface area contributed by atoms with Gasteiger partial charge in [0.1, 0.15) is 0 Å². The Labute approximate surface area is 176 Å². The van der Waals surface area contributed by atoms with E-state index in [0.29, 0.717) is 17.8 Å². The fourth-order valence-corrected chi connectivity index (χ4v) is 22.2. The van der Waals surface area contributed by atoms with E-state index in [0.717, 1.165) is 19.6 Å². The second-order valence-electron chi connectivity index (χ2n) is 9.26. The van der Waals surface area contributed by atoms with Crippen LogP contribution in [0.15, 0.2) is 23.3 Å². The Morgan fingerprint density at radius 1 is 0.778 bits per heavy atom. The molecule has 1 unspecified atom stereocenters. The second kappa shape index (κ2) is 9.83. The van der Waals surface area contributed by atoms with E-state index in [1.807, 2.05) is 0 Å². The Morgan fingerprint density at radius 3 is 1.44 bits per heavy atom. The third kappa shape index (κ3) is 3.98. The van der Waals surface area contributed by atoms with E-state index < -0.39 is 21.1 Å². The molecule has 0 fully saturated rings. The minimum absolute atomic E-state index is 0.155. The van der Waals surface area contributed by atoms with Crippen LogP contribution in [0.2, 0.25) is 3.12 Å². The topological polar surface area (TPSA) is 9.72 Å². The van der Waals surface area contributed by atoms with Gasteiger partial charge < -0.3 is 0 Å². The van der Waals surface area contributed by atoms with Crippen LogP contribution in [0.3, 0.4) is 0 Å². The Hall–Kier alpha value is 0.243. The molecule has 0 aromatic rings. The van der Waals surface area contributed by atoms with Gasteiger partial charge in [0.25, 0.3) is 0 Å². The first-order valence-corrected chi connectivity index (χ1v) is 15.6. The number of hydrogen-bond acceptors (Lipinski definition) is 3. The van der Waals surface area contributed by atoms with Crippen molar-refractivity contribution < 1.29 is 21.1 Å². The molecule has 0 saturated carbocycles. The van der Waals surface area contributed by atoms with Crippen molar-refractivity contribution in [2.75, 3.05) is 40.8 Å². The van der Waals surface area contributed by atoms with Gasteiger partial charge in [-0.15, -0.1) is 0 Å². The van der Waals surface area contributed by atoms with Crippen molar-refractivity contribution in [3.8, 4) is 0 Å². The van der Waals surface area contributed by atoms with Gasteiger partial charge in [0, 0.05) is 0 Å². The molecule has 27 heavy (non-hydrogen) atoms. The standard InChI is InChI=1S/C14H23.3C3H8N.Zr/c1-9(2)12-7-13(10(3)4)14(8-12)11(5)6;3*1-3-4-2;/h7-11H,1-6H3;3*3H2,1-2H3;/q;3*-1;+3. The average Bonchev–Trinajstić information content (AvgIpc) is 3.04. The number of rotatable bonds is 10. The van der Waals surface area contributed by atoms with E-state index in [-0.39, 0.29) is 3.12 Å². The van der Waals surface area contributed by atoms with Crippen LogP contribution in [0.5, 0.6) is 0 Å². The zero-order chi connectivity index (χ0) is 21.2. The van der Waals surface area contributed by atoms with Gasteiger partial charge in [-0.2, -0.15) is 0 Å². The molecule has 0 spiro atoms. The summed E-state index contributed by atoms with van der Waals surface area (Å²) < 4.78 is 8.52. The van der Waals surface area contributed by atoms with Crippen molar-refractivity contribution >= 4 is 0 Å². The van der Waals surface area contributed by atoms with Gasteiger partial charge in [-0.3, -0.25) is 0 Å². The van der Waals surface area contributed by atoms with Crippen LogP contribution in [0.1, 0.15) is 62.3 Å². The molecule has 1 atom stereocenters. The monoisotopic (exact) mass is 455 g/mol. The summed E-state index contributed by atoms with van der Waals surface area (Å²) in [6.45, 7) is 24.8. The van der Waals surface area contributed by atoms with Gasteiger partial charge in [-0.25, -0.2) is 0 Å². The summed E-state index contributed by atoms with van der Waals surface area (Å²) in [7, 11) is 7.20. The first-order valence-electron chi connectivity index (χ1n) is 11.1. The third-order valence-corrected chi connectivity index (χ3v) is 22.4. The summed E-state index contributed by atoms with van der Waals surface area (Å²) in [4.78, 5) is 0. The molecule has 1 aliphatic carbocycles. The summed E-state index contributed by atoms with van der Waals surface area (Å²) in [6, 6.07) is 0. The average molecular weight is 457 g/mol. The van der Waals surface area contributed by atoms with Gasteiger partial charge in [0.2, 0.25) is 0 Å². The molecule has 0 aliphatic heterocycles. The molecule has 0 heterocycles. The number of nitrogens with zero attached hydrogens (tertiary/aromatic N) is 3. The molecule has 0 saturated heterocycles. The zero-order valence-corrected chi connectivity index (χ0v) is 22.8. The summed E-state index contributed by atoms with van der Waals surface area (Å²) in [6.07, 6.45) is 5.32. The molecule has 4 heteroatoms. The molecule has 0 bridgehead atoms. The molecule has 1 rings (SSSR count). The predicted octanol–water partition coefficient (Wildman–Crippen LogP) is 5.73. The van der Waals surface area contributed by atoms with Crippen molar-refractivity contribution in [3.05, 3.63) is 23.3 Å². The number of allylic oxidation sites excluding steroid dienone is 4. The summed E-state index contributed by atoms with van der Waals surface area (Å²) in [5.41, 5.74) is 3.23. The fraction of sp³-hybridized carbons (Fsp3) is 0.826. The SMILES string of the molecule is CC[N](C)[Zr]([N](C)CC)([N](C)CC)[C]1(C(C)C)C=C(C(C)C)C=C1C(C)C. The summed E-state index contributed by atoms with van der Waals surface area (Å²) >= 11 is -3.29. The van der Waals surface area contributed by atoms with Crippen LogP contribution >= 0.6 is 0 Å². The van der Waals surface area contributed by atoms with Gasteiger partial charge in [-0.1, -0.05) is 0 Å². The van der Waals surface area contributed by atoms with Crippen LogP contribution in [0.25, 0.3) is 0 Å². The van der Waals surface area contributed by atoms with Crippen molar-refractivity contribution in [2.45, 2.75) is 65.4 Å². The van der Waals surface area contributed by atoms with E-state index in [9.17, 15) is 0 Å². The normalized spacial score (nSPS) is 21.4. The van der Waals surface area contributed by atoms with Crippen LogP contribution in [0, 0.1) is 17.8 Å². The maximum atomic E-state index is 2.79.